The zero-order chi connectivity index (χ0) is 26.4. The standard InChI is InChI=1S/C32H34N5S2.BrH/c1-37(2)21-23(35-25-11-5-7-13-29(25)38-31-15-17-33-19-27(31)35)9-3-4-10-24(22-37)36-26-12-6-8-14-30(26)39-32-16-18-34-20-28(32)36;/h5-8,11-20,23-24H,3-4,9-10,21-22H2,1-2H3;1H/q+1;/p-1. The minimum absolute atomic E-state index is 0. The largest absolute Gasteiger partial charge is 1.00 e. The zero-order valence-corrected chi connectivity index (χ0v) is 26.1. The van der Waals surface area contributed by atoms with E-state index in [0.29, 0.717) is 12.1 Å². The van der Waals surface area contributed by atoms with Crippen LogP contribution in [0, 0.1) is 0 Å². The highest BCUT2D eigenvalue weighted by atomic mass is 79.9. The monoisotopic (exact) mass is 631 g/mol. The van der Waals surface area contributed by atoms with Gasteiger partial charge in [-0.3, -0.25) is 9.97 Å². The molecule has 1 saturated heterocycles. The third kappa shape index (κ3) is 5.15. The van der Waals surface area contributed by atoms with Crippen LogP contribution in [0.1, 0.15) is 25.7 Å². The Balaban J connectivity index is 0.00000289. The summed E-state index contributed by atoms with van der Waals surface area (Å²) in [4.78, 5) is 19.6. The molecule has 8 heteroatoms. The Labute approximate surface area is 256 Å². The predicted molar refractivity (Wildman–Crippen MR) is 162 cm³/mol. The fourth-order valence-corrected chi connectivity index (χ4v) is 8.71. The minimum Gasteiger partial charge on any atom is -1.00 e. The van der Waals surface area contributed by atoms with E-state index in [9.17, 15) is 0 Å². The number of likely N-dealkylation sites (N-methyl/N-ethyl adjacent to an activating group) is 1. The number of aromatic nitrogens is 2. The maximum atomic E-state index is 4.55. The molecule has 0 bridgehead atoms. The SMILES string of the molecule is C[N+]1(C)CC(N2c3ccccc3Sc3ccncc32)CCCCC(N2c3ccccc3Sc3ccncc32)C1.[Br-]. The smallest absolute Gasteiger partial charge is 0.0994 e. The molecule has 5 nitrogen and oxygen atoms in total. The quantitative estimate of drug-likeness (QED) is 0.296. The number of hydrogen-bond acceptors (Lipinski definition) is 6. The van der Waals surface area contributed by atoms with Crippen molar-refractivity contribution in [3.8, 4) is 0 Å². The number of anilines is 4. The molecule has 3 aliphatic heterocycles. The van der Waals surface area contributed by atoms with Gasteiger partial charge in [0.25, 0.3) is 0 Å². The van der Waals surface area contributed by atoms with E-state index in [2.05, 4.69) is 107 Å². The molecule has 2 atom stereocenters. The van der Waals surface area contributed by atoms with Gasteiger partial charge in [0, 0.05) is 32.0 Å². The zero-order valence-electron chi connectivity index (χ0n) is 22.9. The molecule has 1 fully saturated rings. The Kier molecular flexibility index (Phi) is 7.87. The molecule has 2 aromatic carbocycles. The fraction of sp³-hybridized carbons (Fsp3) is 0.312. The summed E-state index contributed by atoms with van der Waals surface area (Å²) in [5.41, 5.74) is 5.16. The number of fused-ring (bicyclic) bond motifs is 4. The first-order valence-electron chi connectivity index (χ1n) is 13.9. The second-order valence-electron chi connectivity index (χ2n) is 11.5. The summed E-state index contributed by atoms with van der Waals surface area (Å²) in [7, 11) is 4.85. The molecule has 0 spiro atoms. The second-order valence-corrected chi connectivity index (χ2v) is 13.6. The molecule has 0 amide bonds. The maximum absolute atomic E-state index is 4.55. The molecule has 7 rings (SSSR count). The van der Waals surface area contributed by atoms with Crippen LogP contribution in [0.3, 0.4) is 0 Å². The second kappa shape index (κ2) is 11.4. The van der Waals surface area contributed by atoms with E-state index in [1.165, 1.54) is 68.0 Å². The predicted octanol–water partition coefficient (Wildman–Crippen LogP) is 4.77. The van der Waals surface area contributed by atoms with E-state index < -0.39 is 0 Å². The summed E-state index contributed by atoms with van der Waals surface area (Å²) in [5.74, 6) is 0. The first-order chi connectivity index (χ1) is 19.1. The van der Waals surface area contributed by atoms with Crippen LogP contribution in [-0.4, -0.2) is 53.7 Å². The maximum Gasteiger partial charge on any atom is 0.0994 e. The molecular weight excluding hydrogens is 598 g/mol. The summed E-state index contributed by atoms with van der Waals surface area (Å²) < 4.78 is 0.956. The van der Waals surface area contributed by atoms with Gasteiger partial charge in [-0.05, 0) is 49.2 Å². The van der Waals surface area contributed by atoms with Crippen LogP contribution in [0.2, 0.25) is 0 Å². The molecule has 2 unspecified atom stereocenters. The van der Waals surface area contributed by atoms with Crippen molar-refractivity contribution >= 4 is 46.3 Å². The van der Waals surface area contributed by atoms with Crippen molar-refractivity contribution in [2.45, 2.75) is 57.3 Å². The highest BCUT2D eigenvalue weighted by Gasteiger charge is 2.38. The molecule has 2 aromatic heterocycles. The van der Waals surface area contributed by atoms with E-state index in [-0.39, 0.29) is 17.0 Å². The van der Waals surface area contributed by atoms with Crippen LogP contribution in [0.5, 0.6) is 0 Å². The van der Waals surface area contributed by atoms with Crippen molar-refractivity contribution in [1.29, 1.82) is 0 Å². The summed E-state index contributed by atoms with van der Waals surface area (Å²) in [6.07, 6.45) is 12.8. The van der Waals surface area contributed by atoms with Crippen LogP contribution >= 0.6 is 23.5 Å². The third-order valence-electron chi connectivity index (χ3n) is 8.20. The van der Waals surface area contributed by atoms with Crippen molar-refractivity contribution in [2.24, 2.45) is 0 Å². The lowest BCUT2D eigenvalue weighted by Crippen LogP contribution is -3.00. The van der Waals surface area contributed by atoms with Crippen molar-refractivity contribution < 1.29 is 21.5 Å². The van der Waals surface area contributed by atoms with E-state index in [0.717, 1.165) is 17.6 Å². The molecule has 0 N–H and O–H groups in total. The van der Waals surface area contributed by atoms with Crippen LogP contribution in [0.25, 0.3) is 0 Å². The van der Waals surface area contributed by atoms with Crippen molar-refractivity contribution in [3.05, 3.63) is 85.5 Å². The van der Waals surface area contributed by atoms with Crippen molar-refractivity contribution in [2.75, 3.05) is 37.0 Å². The van der Waals surface area contributed by atoms with Gasteiger partial charge in [-0.2, -0.15) is 0 Å². The summed E-state index contributed by atoms with van der Waals surface area (Å²) >= 11 is 3.74. The van der Waals surface area contributed by atoms with Gasteiger partial charge in [0.05, 0.1) is 74.4 Å². The van der Waals surface area contributed by atoms with Gasteiger partial charge in [-0.25, -0.2) is 0 Å². The molecule has 40 heavy (non-hydrogen) atoms. The summed E-state index contributed by atoms with van der Waals surface area (Å²) in [6, 6.07) is 22.9. The van der Waals surface area contributed by atoms with E-state index in [1.807, 2.05) is 35.9 Å². The molecule has 0 saturated carbocycles. The number of halogens is 1. The lowest BCUT2D eigenvalue weighted by atomic mass is 10.0. The molecule has 206 valence electrons. The van der Waals surface area contributed by atoms with Crippen LogP contribution in [0.4, 0.5) is 22.7 Å². The molecule has 4 aromatic rings. The Morgan fingerprint density at radius 3 is 1.52 bits per heavy atom. The van der Waals surface area contributed by atoms with Crippen LogP contribution < -0.4 is 26.8 Å². The topological polar surface area (TPSA) is 32.3 Å². The highest BCUT2D eigenvalue weighted by Crippen LogP contribution is 2.51. The third-order valence-corrected chi connectivity index (χ3v) is 10.5. The number of hydrogen-bond donors (Lipinski definition) is 0. The Morgan fingerprint density at radius 2 is 1.05 bits per heavy atom. The van der Waals surface area contributed by atoms with Gasteiger partial charge in [0.1, 0.15) is 0 Å². The van der Waals surface area contributed by atoms with Crippen LogP contribution in [0.15, 0.2) is 105 Å². The number of rotatable bonds is 2. The number of pyridine rings is 2. The number of para-hydroxylation sites is 2. The Morgan fingerprint density at radius 1 is 0.625 bits per heavy atom. The van der Waals surface area contributed by atoms with E-state index in [1.54, 1.807) is 0 Å². The molecule has 0 radical (unpaired) electrons. The number of nitrogens with zero attached hydrogens (tertiary/aromatic N) is 5. The minimum atomic E-state index is 0. The molecule has 3 aliphatic rings. The van der Waals surface area contributed by atoms with Gasteiger partial charge in [-0.15, -0.1) is 0 Å². The highest BCUT2D eigenvalue weighted by molar-refractivity contribution is 8.00. The van der Waals surface area contributed by atoms with Gasteiger partial charge >= 0.3 is 0 Å². The van der Waals surface area contributed by atoms with Crippen molar-refractivity contribution in [3.63, 3.8) is 0 Å². The van der Waals surface area contributed by atoms with Gasteiger partial charge in [0.2, 0.25) is 0 Å². The fourth-order valence-electron chi connectivity index (χ4n) is 6.63. The van der Waals surface area contributed by atoms with Gasteiger partial charge < -0.3 is 31.3 Å². The lowest BCUT2D eigenvalue weighted by molar-refractivity contribution is -0.891. The first kappa shape index (κ1) is 27.6. The number of quaternary nitrogens is 1. The Hall–Kier alpha value is -2.52. The summed E-state index contributed by atoms with van der Waals surface area (Å²) in [6.45, 7) is 2.15. The average molecular weight is 633 g/mol. The normalized spacial score (nSPS) is 21.4. The van der Waals surface area contributed by atoms with Crippen LogP contribution in [-0.2, 0) is 0 Å². The first-order valence-corrected chi connectivity index (χ1v) is 15.5. The summed E-state index contributed by atoms with van der Waals surface area (Å²) in [5, 5.41) is 0. The van der Waals surface area contributed by atoms with Gasteiger partial charge in [-0.1, -0.05) is 60.6 Å². The number of benzene rings is 2. The molecule has 0 aliphatic carbocycles. The van der Waals surface area contributed by atoms with E-state index >= 15 is 0 Å². The molecule has 5 heterocycles. The lowest BCUT2D eigenvalue weighted by Gasteiger charge is -2.44. The van der Waals surface area contributed by atoms with Crippen molar-refractivity contribution in [1.82, 2.24) is 9.97 Å². The average Bonchev–Trinajstić information content (AvgIpc) is 3.02. The molecular formula is C32H34BrN5S2. The van der Waals surface area contributed by atoms with Gasteiger partial charge in [0.15, 0.2) is 0 Å². The Bertz CT molecular complexity index is 1310. The van der Waals surface area contributed by atoms with E-state index in [4.69, 9.17) is 0 Å².